The van der Waals surface area contributed by atoms with Crippen molar-refractivity contribution in [3.63, 3.8) is 0 Å². The second kappa shape index (κ2) is 11.6. The zero-order valence-electron chi connectivity index (χ0n) is 20.2. The van der Waals surface area contributed by atoms with Crippen molar-refractivity contribution in [2.75, 3.05) is 57.5 Å². The fraction of sp³-hybridized carbons (Fsp3) is 0.462. The summed E-state index contributed by atoms with van der Waals surface area (Å²) in [6.45, 7) is 11.9. The van der Waals surface area contributed by atoms with Gasteiger partial charge in [0.1, 0.15) is 0 Å². The number of carbonyl (C=O) groups is 1. The Bertz CT molecular complexity index is 1110. The maximum absolute atomic E-state index is 13.8. The number of carbonyl (C=O) groups excluding carboxylic acids is 1. The van der Waals surface area contributed by atoms with Crippen molar-refractivity contribution in [3.8, 4) is 11.5 Å². The minimum absolute atomic E-state index is 0.0817. The molecule has 7 nitrogen and oxygen atoms in total. The normalized spacial score (nSPS) is 14.3. The summed E-state index contributed by atoms with van der Waals surface area (Å²) in [5.74, 6) is 1.15. The number of rotatable bonds is 10. The molecule has 4 rings (SSSR count). The van der Waals surface area contributed by atoms with E-state index in [-0.39, 0.29) is 5.91 Å². The number of fused-ring (bicyclic) bond motifs is 1. The molecule has 0 aliphatic carbocycles. The molecule has 1 fully saturated rings. The Kier molecular flexibility index (Phi) is 8.37. The third-order valence-electron chi connectivity index (χ3n) is 5.76. The summed E-state index contributed by atoms with van der Waals surface area (Å²) in [5, 5.41) is 0.722. The van der Waals surface area contributed by atoms with Crippen LogP contribution in [0.1, 0.15) is 36.2 Å². The number of anilines is 1. The van der Waals surface area contributed by atoms with Crippen LogP contribution in [0.25, 0.3) is 10.2 Å². The van der Waals surface area contributed by atoms with Gasteiger partial charge in [-0.15, -0.1) is 0 Å². The standard InChI is InChI=1S/C26H33N3O4S/c1-4-32-22-10-8-20(18-23(22)33-5-2)25(30)29(12-6-11-28-13-15-31-16-14-28)26-27-21-9-7-19(3)17-24(21)34-26/h7-10,17-18H,4-6,11-16H2,1-3H3. The molecule has 2 aromatic carbocycles. The molecule has 0 spiro atoms. The number of nitrogens with zero attached hydrogens (tertiary/aromatic N) is 3. The number of morpholine rings is 1. The second-order valence-corrected chi connectivity index (χ2v) is 9.27. The molecule has 0 unspecified atom stereocenters. The lowest BCUT2D eigenvalue weighted by Gasteiger charge is -2.27. The summed E-state index contributed by atoms with van der Waals surface area (Å²) in [7, 11) is 0. The Morgan fingerprint density at radius 1 is 1.09 bits per heavy atom. The van der Waals surface area contributed by atoms with Crippen molar-refractivity contribution >= 4 is 32.6 Å². The average Bonchev–Trinajstić information content (AvgIpc) is 3.26. The van der Waals surface area contributed by atoms with Gasteiger partial charge in [0.15, 0.2) is 16.6 Å². The predicted molar refractivity (Wildman–Crippen MR) is 137 cm³/mol. The molecule has 0 N–H and O–H groups in total. The molecule has 0 bridgehead atoms. The van der Waals surface area contributed by atoms with Gasteiger partial charge in [0.2, 0.25) is 0 Å². The highest BCUT2D eigenvalue weighted by Gasteiger charge is 2.23. The molecule has 1 amide bonds. The molecule has 34 heavy (non-hydrogen) atoms. The molecule has 1 saturated heterocycles. The third-order valence-corrected chi connectivity index (χ3v) is 6.80. The van der Waals surface area contributed by atoms with E-state index in [1.54, 1.807) is 17.4 Å². The van der Waals surface area contributed by atoms with E-state index in [0.29, 0.717) is 36.8 Å². The Labute approximate surface area is 205 Å². The first-order chi connectivity index (χ1) is 16.6. The molecule has 2 heterocycles. The fourth-order valence-electron chi connectivity index (χ4n) is 4.04. The predicted octanol–water partition coefficient (Wildman–Crippen LogP) is 4.77. The number of hydrogen-bond acceptors (Lipinski definition) is 7. The van der Waals surface area contributed by atoms with Crippen molar-refractivity contribution in [1.82, 2.24) is 9.88 Å². The summed E-state index contributed by atoms with van der Waals surface area (Å²) in [6, 6.07) is 11.6. The van der Waals surface area contributed by atoms with Crippen LogP contribution in [0.4, 0.5) is 5.13 Å². The van der Waals surface area contributed by atoms with Gasteiger partial charge >= 0.3 is 0 Å². The van der Waals surface area contributed by atoms with Crippen molar-refractivity contribution in [2.24, 2.45) is 0 Å². The minimum atomic E-state index is -0.0817. The van der Waals surface area contributed by atoms with Crippen LogP contribution in [0.5, 0.6) is 11.5 Å². The molecule has 1 aromatic heterocycles. The Morgan fingerprint density at radius 3 is 2.62 bits per heavy atom. The molecule has 1 aliphatic rings. The fourth-order valence-corrected chi connectivity index (χ4v) is 5.12. The van der Waals surface area contributed by atoms with E-state index < -0.39 is 0 Å². The van der Waals surface area contributed by atoms with Crippen LogP contribution in [0.15, 0.2) is 36.4 Å². The first-order valence-corrected chi connectivity index (χ1v) is 12.8. The van der Waals surface area contributed by atoms with Gasteiger partial charge in [-0.3, -0.25) is 14.6 Å². The van der Waals surface area contributed by atoms with Crippen LogP contribution < -0.4 is 14.4 Å². The van der Waals surface area contributed by atoms with E-state index in [1.807, 2.05) is 36.9 Å². The number of amides is 1. The van der Waals surface area contributed by atoms with E-state index in [4.69, 9.17) is 19.2 Å². The van der Waals surface area contributed by atoms with Crippen molar-refractivity contribution < 1.29 is 19.0 Å². The van der Waals surface area contributed by atoms with Gasteiger partial charge in [-0.1, -0.05) is 17.4 Å². The summed E-state index contributed by atoms with van der Waals surface area (Å²) in [6.07, 6.45) is 0.857. The van der Waals surface area contributed by atoms with Gasteiger partial charge < -0.3 is 14.2 Å². The maximum Gasteiger partial charge on any atom is 0.260 e. The minimum Gasteiger partial charge on any atom is -0.490 e. The molecule has 3 aromatic rings. The first kappa shape index (κ1) is 24.4. The molecule has 0 saturated carbocycles. The SMILES string of the molecule is CCOc1ccc(C(=O)N(CCCN2CCOCC2)c2nc3ccc(C)cc3s2)cc1OCC. The number of benzene rings is 2. The number of thiazole rings is 1. The zero-order chi connectivity index (χ0) is 23.9. The van der Waals surface area contributed by atoms with Gasteiger partial charge in [-0.05, 0) is 63.1 Å². The smallest absolute Gasteiger partial charge is 0.260 e. The number of hydrogen-bond donors (Lipinski definition) is 0. The van der Waals surface area contributed by atoms with Gasteiger partial charge in [0, 0.05) is 31.7 Å². The summed E-state index contributed by atoms with van der Waals surface area (Å²) in [5.41, 5.74) is 2.66. The molecule has 0 atom stereocenters. The largest absolute Gasteiger partial charge is 0.490 e. The zero-order valence-corrected chi connectivity index (χ0v) is 21.0. The number of aromatic nitrogens is 1. The van der Waals surface area contributed by atoms with Crippen molar-refractivity contribution in [3.05, 3.63) is 47.5 Å². The van der Waals surface area contributed by atoms with E-state index >= 15 is 0 Å². The van der Waals surface area contributed by atoms with Gasteiger partial charge in [0.25, 0.3) is 5.91 Å². The molecular formula is C26H33N3O4S. The third kappa shape index (κ3) is 5.87. The van der Waals surface area contributed by atoms with Crippen LogP contribution >= 0.6 is 11.3 Å². The molecule has 182 valence electrons. The summed E-state index contributed by atoms with van der Waals surface area (Å²) >= 11 is 1.56. The lowest BCUT2D eigenvalue weighted by molar-refractivity contribution is 0.0376. The quantitative estimate of drug-likeness (QED) is 0.414. The number of ether oxygens (including phenoxy) is 3. The highest BCUT2D eigenvalue weighted by Crippen LogP contribution is 2.33. The van der Waals surface area contributed by atoms with E-state index in [9.17, 15) is 4.79 Å². The van der Waals surface area contributed by atoms with Gasteiger partial charge in [-0.2, -0.15) is 0 Å². The van der Waals surface area contributed by atoms with E-state index in [2.05, 4.69) is 24.0 Å². The van der Waals surface area contributed by atoms with Crippen molar-refractivity contribution in [2.45, 2.75) is 27.2 Å². The highest BCUT2D eigenvalue weighted by molar-refractivity contribution is 7.22. The monoisotopic (exact) mass is 483 g/mol. The van der Waals surface area contributed by atoms with Crippen LogP contribution in [0.3, 0.4) is 0 Å². The maximum atomic E-state index is 13.8. The molecule has 8 heteroatoms. The van der Waals surface area contributed by atoms with Gasteiger partial charge in [0.05, 0.1) is 36.6 Å². The topological polar surface area (TPSA) is 64.1 Å². The second-order valence-electron chi connectivity index (χ2n) is 8.26. The Balaban J connectivity index is 1.60. The molecular weight excluding hydrogens is 450 g/mol. The van der Waals surface area contributed by atoms with Crippen molar-refractivity contribution in [1.29, 1.82) is 0 Å². The average molecular weight is 484 g/mol. The lowest BCUT2D eigenvalue weighted by Crippen LogP contribution is -2.39. The van der Waals surface area contributed by atoms with Crippen LogP contribution in [0, 0.1) is 6.92 Å². The molecule has 0 radical (unpaired) electrons. The van der Waals surface area contributed by atoms with Crippen LogP contribution in [0.2, 0.25) is 0 Å². The Morgan fingerprint density at radius 2 is 1.85 bits per heavy atom. The van der Waals surface area contributed by atoms with Crippen LogP contribution in [-0.4, -0.2) is 68.4 Å². The summed E-state index contributed by atoms with van der Waals surface area (Å²) in [4.78, 5) is 22.8. The summed E-state index contributed by atoms with van der Waals surface area (Å²) < 4.78 is 18.0. The number of aryl methyl sites for hydroxylation is 1. The Hall–Kier alpha value is -2.68. The lowest BCUT2D eigenvalue weighted by atomic mass is 10.1. The van der Waals surface area contributed by atoms with Gasteiger partial charge in [-0.25, -0.2) is 4.98 Å². The highest BCUT2D eigenvalue weighted by atomic mass is 32.1. The molecule has 1 aliphatic heterocycles. The van der Waals surface area contributed by atoms with Crippen LogP contribution in [-0.2, 0) is 4.74 Å². The first-order valence-electron chi connectivity index (χ1n) is 12.0. The van der Waals surface area contributed by atoms with E-state index in [1.165, 1.54) is 5.56 Å². The van der Waals surface area contributed by atoms with E-state index in [0.717, 1.165) is 54.6 Å².